The quantitative estimate of drug-likeness (QED) is 0.791. The molecular weight excluding hydrogens is 316 g/mol. The van der Waals surface area contributed by atoms with Gasteiger partial charge in [-0.3, -0.25) is 9.59 Å². The first-order chi connectivity index (χ1) is 11.8. The van der Waals surface area contributed by atoms with Crippen molar-refractivity contribution in [3.05, 3.63) is 60.2 Å². The number of carbonyl (C=O) groups is 2. The highest BCUT2D eigenvalue weighted by atomic mass is 16.5. The van der Waals surface area contributed by atoms with Gasteiger partial charge in [-0.1, -0.05) is 36.4 Å². The molecule has 0 radical (unpaired) electrons. The Labute approximate surface area is 148 Å². The Bertz CT molecular complexity index is 742. The number of ether oxygens (including phenoxy) is 1. The summed E-state index contributed by atoms with van der Waals surface area (Å²) in [5, 5.41) is 5.67. The van der Waals surface area contributed by atoms with Crippen molar-refractivity contribution < 1.29 is 14.3 Å². The molecule has 0 spiro atoms. The maximum atomic E-state index is 12.6. The number of hydrogen-bond acceptors (Lipinski definition) is 3. The van der Waals surface area contributed by atoms with Gasteiger partial charge in [-0.2, -0.15) is 0 Å². The van der Waals surface area contributed by atoms with E-state index in [9.17, 15) is 9.59 Å². The molecule has 0 heterocycles. The number of anilines is 1. The van der Waals surface area contributed by atoms with Crippen LogP contribution in [0.2, 0.25) is 0 Å². The molecule has 0 aromatic heterocycles. The number of carbonyl (C=O) groups excluding carboxylic acids is 2. The minimum atomic E-state index is -1.22. The van der Waals surface area contributed by atoms with Gasteiger partial charge in [-0.05, 0) is 38.5 Å². The van der Waals surface area contributed by atoms with Gasteiger partial charge in [-0.25, -0.2) is 0 Å². The fourth-order valence-electron chi connectivity index (χ4n) is 2.29. The average molecular weight is 340 g/mol. The molecule has 5 heteroatoms. The number of benzene rings is 2. The third kappa shape index (κ3) is 4.59. The molecule has 5 nitrogen and oxygen atoms in total. The van der Waals surface area contributed by atoms with E-state index in [0.717, 1.165) is 5.56 Å². The zero-order valence-corrected chi connectivity index (χ0v) is 15.0. The van der Waals surface area contributed by atoms with Crippen LogP contribution in [0.5, 0.6) is 5.75 Å². The number of rotatable bonds is 6. The van der Waals surface area contributed by atoms with Crippen LogP contribution in [0, 0.1) is 5.41 Å². The first-order valence-corrected chi connectivity index (χ1v) is 8.16. The Hall–Kier alpha value is -2.82. The van der Waals surface area contributed by atoms with Gasteiger partial charge >= 0.3 is 0 Å². The first kappa shape index (κ1) is 18.5. The lowest BCUT2D eigenvalue weighted by Crippen LogP contribution is -2.45. The molecule has 1 unspecified atom stereocenters. The third-order valence-electron chi connectivity index (χ3n) is 4.11. The van der Waals surface area contributed by atoms with Crippen LogP contribution in [0.3, 0.4) is 0 Å². The second-order valence-corrected chi connectivity index (χ2v) is 6.42. The third-order valence-corrected chi connectivity index (χ3v) is 4.11. The lowest BCUT2D eigenvalue weighted by atomic mass is 9.90. The molecule has 0 aliphatic heterocycles. The van der Waals surface area contributed by atoms with Crippen molar-refractivity contribution in [1.82, 2.24) is 5.32 Å². The van der Waals surface area contributed by atoms with Crippen molar-refractivity contribution in [2.45, 2.75) is 26.8 Å². The molecule has 2 aromatic rings. The van der Waals surface area contributed by atoms with E-state index in [1.807, 2.05) is 37.3 Å². The Kier molecular flexibility index (Phi) is 5.80. The van der Waals surface area contributed by atoms with Crippen molar-refractivity contribution in [2.24, 2.45) is 5.41 Å². The summed E-state index contributed by atoms with van der Waals surface area (Å²) in [7, 11) is 1.56. The summed E-state index contributed by atoms with van der Waals surface area (Å²) in [6.07, 6.45) is 0. The van der Waals surface area contributed by atoms with Crippen LogP contribution < -0.4 is 15.4 Å². The molecule has 2 N–H and O–H groups in total. The molecular formula is C20H24N2O3. The highest BCUT2D eigenvalue weighted by molar-refractivity contribution is 6.10. The molecule has 1 atom stereocenters. The summed E-state index contributed by atoms with van der Waals surface area (Å²) in [5.41, 5.74) is 0.354. The molecule has 0 saturated carbocycles. The zero-order chi connectivity index (χ0) is 18.4. The monoisotopic (exact) mass is 340 g/mol. The van der Waals surface area contributed by atoms with E-state index in [4.69, 9.17) is 4.74 Å². The van der Waals surface area contributed by atoms with Crippen LogP contribution in [0.1, 0.15) is 32.4 Å². The van der Waals surface area contributed by atoms with E-state index in [0.29, 0.717) is 11.4 Å². The van der Waals surface area contributed by atoms with Crippen molar-refractivity contribution in [3.63, 3.8) is 0 Å². The van der Waals surface area contributed by atoms with E-state index in [2.05, 4.69) is 10.6 Å². The van der Waals surface area contributed by atoms with Gasteiger partial charge in [0.25, 0.3) is 0 Å². The largest absolute Gasteiger partial charge is 0.497 e. The standard InChI is InChI=1S/C20H24N2O3/c1-14(15-9-6-5-7-10-15)21-18(23)20(2,3)19(24)22-16-11-8-12-17(13-16)25-4/h5-14H,1-4H3,(H,21,23)(H,22,24). The highest BCUT2D eigenvalue weighted by Gasteiger charge is 2.36. The van der Waals surface area contributed by atoms with Crippen LogP contribution in [-0.2, 0) is 9.59 Å². The fraction of sp³-hybridized carbons (Fsp3) is 0.300. The molecule has 25 heavy (non-hydrogen) atoms. The smallest absolute Gasteiger partial charge is 0.239 e. The molecule has 0 bridgehead atoms. The van der Waals surface area contributed by atoms with Gasteiger partial charge in [0.2, 0.25) is 11.8 Å². The molecule has 0 fully saturated rings. The van der Waals surface area contributed by atoms with Gasteiger partial charge in [0, 0.05) is 11.8 Å². The molecule has 0 aliphatic rings. The molecule has 2 aromatic carbocycles. The van der Waals surface area contributed by atoms with Crippen LogP contribution in [0.15, 0.2) is 54.6 Å². The van der Waals surface area contributed by atoms with E-state index in [1.165, 1.54) is 0 Å². The molecule has 2 amide bonds. The van der Waals surface area contributed by atoms with Crippen LogP contribution >= 0.6 is 0 Å². The van der Waals surface area contributed by atoms with E-state index >= 15 is 0 Å². The summed E-state index contributed by atoms with van der Waals surface area (Å²) in [6, 6.07) is 16.5. The summed E-state index contributed by atoms with van der Waals surface area (Å²) in [5.74, 6) is -0.0690. The molecule has 0 aliphatic carbocycles. The number of hydrogen-bond donors (Lipinski definition) is 2. The minimum Gasteiger partial charge on any atom is -0.497 e. The van der Waals surface area contributed by atoms with E-state index in [-0.39, 0.29) is 17.9 Å². The summed E-state index contributed by atoms with van der Waals surface area (Å²) in [4.78, 5) is 25.2. The zero-order valence-electron chi connectivity index (χ0n) is 15.0. The molecule has 132 valence electrons. The average Bonchev–Trinajstić information content (AvgIpc) is 2.62. The van der Waals surface area contributed by atoms with Crippen molar-refractivity contribution in [3.8, 4) is 5.75 Å². The van der Waals surface area contributed by atoms with E-state index < -0.39 is 5.41 Å². The summed E-state index contributed by atoms with van der Waals surface area (Å²) in [6.45, 7) is 5.11. The van der Waals surface area contributed by atoms with Crippen LogP contribution in [-0.4, -0.2) is 18.9 Å². The Morgan fingerprint density at radius 2 is 1.68 bits per heavy atom. The second kappa shape index (κ2) is 7.83. The minimum absolute atomic E-state index is 0.183. The lowest BCUT2D eigenvalue weighted by molar-refractivity contribution is -0.138. The second-order valence-electron chi connectivity index (χ2n) is 6.42. The van der Waals surface area contributed by atoms with Crippen molar-refractivity contribution in [1.29, 1.82) is 0 Å². The topological polar surface area (TPSA) is 67.4 Å². The number of amides is 2. The maximum Gasteiger partial charge on any atom is 0.239 e. The lowest BCUT2D eigenvalue weighted by Gasteiger charge is -2.25. The Morgan fingerprint density at radius 1 is 1.00 bits per heavy atom. The SMILES string of the molecule is COc1cccc(NC(=O)C(C)(C)C(=O)NC(C)c2ccccc2)c1. The van der Waals surface area contributed by atoms with E-state index in [1.54, 1.807) is 45.2 Å². The fourth-order valence-corrected chi connectivity index (χ4v) is 2.29. The first-order valence-electron chi connectivity index (χ1n) is 8.16. The Balaban J connectivity index is 2.05. The van der Waals surface area contributed by atoms with Crippen molar-refractivity contribution in [2.75, 3.05) is 12.4 Å². The van der Waals surface area contributed by atoms with Crippen molar-refractivity contribution >= 4 is 17.5 Å². The van der Waals surface area contributed by atoms with Gasteiger partial charge in [-0.15, -0.1) is 0 Å². The van der Waals surface area contributed by atoms with Crippen LogP contribution in [0.4, 0.5) is 5.69 Å². The molecule has 2 rings (SSSR count). The number of nitrogens with one attached hydrogen (secondary N) is 2. The molecule has 0 saturated heterocycles. The van der Waals surface area contributed by atoms with Gasteiger partial charge in [0.05, 0.1) is 13.2 Å². The highest BCUT2D eigenvalue weighted by Crippen LogP contribution is 2.23. The predicted octanol–water partition coefficient (Wildman–Crippen LogP) is 3.54. The van der Waals surface area contributed by atoms with Crippen LogP contribution in [0.25, 0.3) is 0 Å². The normalized spacial score (nSPS) is 12.2. The van der Waals surface area contributed by atoms with Gasteiger partial charge in [0.1, 0.15) is 11.2 Å². The van der Waals surface area contributed by atoms with Gasteiger partial charge in [0.15, 0.2) is 0 Å². The summed E-state index contributed by atoms with van der Waals surface area (Å²) >= 11 is 0. The summed E-state index contributed by atoms with van der Waals surface area (Å²) < 4.78 is 5.14. The Morgan fingerprint density at radius 3 is 2.32 bits per heavy atom. The number of methoxy groups -OCH3 is 1. The van der Waals surface area contributed by atoms with Gasteiger partial charge < -0.3 is 15.4 Å². The predicted molar refractivity (Wildman–Crippen MR) is 98.4 cm³/mol. The maximum absolute atomic E-state index is 12.6.